The average Bonchev–Trinajstić information content (AvgIpc) is 2.92. The molecule has 0 unspecified atom stereocenters. The van der Waals surface area contributed by atoms with Crippen LogP contribution in [0.15, 0.2) is 48.8 Å². The highest BCUT2D eigenvalue weighted by Crippen LogP contribution is 2.27. The van der Waals surface area contributed by atoms with Crippen LogP contribution in [0.25, 0.3) is 11.0 Å². The monoisotopic (exact) mass is 330 g/mol. The second kappa shape index (κ2) is 6.05. The molecule has 2 aromatic carbocycles. The molecule has 0 aliphatic carbocycles. The van der Waals surface area contributed by atoms with Crippen molar-refractivity contribution in [3.63, 3.8) is 0 Å². The molecule has 0 atom stereocenters. The largest absolute Gasteiger partial charge is 0.324 e. The standard InChI is InChI=1S/C15H11ClN4O3/c16-11-6-5-10(7-14(11)20(22)23)18-15(21)8-19-9-17-12-3-1-2-4-13(12)19/h1-7,9H,8H2,(H,18,21). The van der Waals surface area contributed by atoms with Crippen LogP contribution < -0.4 is 5.32 Å². The lowest BCUT2D eigenvalue weighted by Crippen LogP contribution is -2.18. The van der Waals surface area contributed by atoms with E-state index in [-0.39, 0.29) is 23.2 Å². The second-order valence-corrected chi connectivity index (χ2v) is 5.24. The van der Waals surface area contributed by atoms with E-state index in [4.69, 9.17) is 11.6 Å². The predicted molar refractivity (Wildman–Crippen MR) is 86.5 cm³/mol. The van der Waals surface area contributed by atoms with E-state index in [0.717, 1.165) is 11.0 Å². The van der Waals surface area contributed by atoms with Gasteiger partial charge in [-0.15, -0.1) is 0 Å². The summed E-state index contributed by atoms with van der Waals surface area (Å²) in [5.74, 6) is -0.315. The van der Waals surface area contributed by atoms with E-state index in [2.05, 4.69) is 10.3 Å². The number of nitro benzene ring substituents is 1. The van der Waals surface area contributed by atoms with Crippen LogP contribution in [0.3, 0.4) is 0 Å². The molecule has 0 radical (unpaired) electrons. The van der Waals surface area contributed by atoms with Gasteiger partial charge in [0.15, 0.2) is 0 Å². The average molecular weight is 331 g/mol. The number of imidazole rings is 1. The summed E-state index contributed by atoms with van der Waals surface area (Å²) in [5, 5.41) is 13.5. The number of nitrogens with zero attached hydrogens (tertiary/aromatic N) is 3. The number of benzene rings is 2. The van der Waals surface area contributed by atoms with Gasteiger partial charge < -0.3 is 9.88 Å². The highest BCUT2D eigenvalue weighted by Gasteiger charge is 2.14. The minimum absolute atomic E-state index is 0.0219. The Morgan fingerprint density at radius 1 is 1.30 bits per heavy atom. The van der Waals surface area contributed by atoms with Gasteiger partial charge in [0.05, 0.1) is 22.3 Å². The summed E-state index contributed by atoms with van der Waals surface area (Å²) >= 11 is 5.74. The number of hydrogen-bond acceptors (Lipinski definition) is 4. The van der Waals surface area contributed by atoms with Crippen LogP contribution in [-0.4, -0.2) is 20.4 Å². The second-order valence-electron chi connectivity index (χ2n) is 4.83. The molecule has 8 heteroatoms. The molecular weight excluding hydrogens is 320 g/mol. The first-order valence-corrected chi connectivity index (χ1v) is 7.06. The third-order valence-corrected chi connectivity index (χ3v) is 3.59. The van der Waals surface area contributed by atoms with E-state index >= 15 is 0 Å². The summed E-state index contributed by atoms with van der Waals surface area (Å²) in [7, 11) is 0. The summed E-state index contributed by atoms with van der Waals surface area (Å²) in [6.45, 7) is 0.0525. The van der Waals surface area contributed by atoms with Crippen molar-refractivity contribution < 1.29 is 9.72 Å². The molecule has 7 nitrogen and oxygen atoms in total. The third kappa shape index (κ3) is 3.14. The fourth-order valence-electron chi connectivity index (χ4n) is 2.22. The Labute approximate surface area is 135 Å². The van der Waals surface area contributed by atoms with Gasteiger partial charge in [0.2, 0.25) is 5.91 Å². The minimum atomic E-state index is -0.596. The van der Waals surface area contributed by atoms with Crippen molar-refractivity contribution in [3.8, 4) is 0 Å². The van der Waals surface area contributed by atoms with Gasteiger partial charge in [-0.3, -0.25) is 14.9 Å². The van der Waals surface area contributed by atoms with E-state index < -0.39 is 4.92 Å². The molecule has 0 spiro atoms. The van der Waals surface area contributed by atoms with Crippen molar-refractivity contribution in [1.82, 2.24) is 9.55 Å². The zero-order chi connectivity index (χ0) is 16.4. The summed E-state index contributed by atoms with van der Waals surface area (Å²) in [6, 6.07) is 11.6. The summed E-state index contributed by atoms with van der Waals surface area (Å²) in [6.07, 6.45) is 1.58. The van der Waals surface area contributed by atoms with Crippen molar-refractivity contribution >= 4 is 39.9 Å². The molecule has 1 amide bonds. The Morgan fingerprint density at radius 2 is 2.09 bits per heavy atom. The Bertz CT molecular complexity index is 907. The molecule has 3 aromatic rings. The summed E-state index contributed by atoms with van der Waals surface area (Å²) < 4.78 is 1.70. The Morgan fingerprint density at radius 3 is 2.87 bits per heavy atom. The van der Waals surface area contributed by atoms with Crippen LogP contribution in [0.2, 0.25) is 5.02 Å². The van der Waals surface area contributed by atoms with Crippen molar-refractivity contribution in [3.05, 3.63) is 63.9 Å². The van der Waals surface area contributed by atoms with Crippen molar-refractivity contribution in [2.45, 2.75) is 6.54 Å². The number of anilines is 1. The van der Waals surface area contributed by atoms with Crippen LogP contribution in [0.4, 0.5) is 11.4 Å². The number of rotatable bonds is 4. The lowest BCUT2D eigenvalue weighted by molar-refractivity contribution is -0.384. The van der Waals surface area contributed by atoms with Crippen molar-refractivity contribution in [2.75, 3.05) is 5.32 Å². The summed E-state index contributed by atoms with van der Waals surface area (Å²) in [4.78, 5) is 26.6. The maximum Gasteiger partial charge on any atom is 0.289 e. The maximum absolute atomic E-state index is 12.1. The van der Waals surface area contributed by atoms with Gasteiger partial charge in [0.1, 0.15) is 11.6 Å². The van der Waals surface area contributed by atoms with E-state index in [0.29, 0.717) is 5.69 Å². The summed E-state index contributed by atoms with van der Waals surface area (Å²) in [5.41, 5.74) is 1.69. The molecule has 3 rings (SSSR count). The number of nitrogens with one attached hydrogen (secondary N) is 1. The van der Waals surface area contributed by atoms with Crippen LogP contribution in [0.1, 0.15) is 0 Å². The molecule has 0 saturated carbocycles. The zero-order valence-corrected chi connectivity index (χ0v) is 12.5. The molecule has 0 bridgehead atoms. The Kier molecular flexibility index (Phi) is 3.94. The lowest BCUT2D eigenvalue weighted by atomic mass is 10.2. The molecule has 1 N–H and O–H groups in total. The molecule has 116 valence electrons. The number of carbonyl (C=O) groups excluding carboxylic acids is 1. The third-order valence-electron chi connectivity index (χ3n) is 3.27. The first kappa shape index (κ1) is 15.0. The number of para-hydroxylation sites is 2. The first-order chi connectivity index (χ1) is 11.0. The number of hydrogen-bond donors (Lipinski definition) is 1. The predicted octanol–water partition coefficient (Wildman–Crippen LogP) is 3.24. The topological polar surface area (TPSA) is 90.1 Å². The number of amides is 1. The van der Waals surface area contributed by atoms with Gasteiger partial charge in [-0.1, -0.05) is 23.7 Å². The normalized spacial score (nSPS) is 10.7. The van der Waals surface area contributed by atoms with Gasteiger partial charge in [0, 0.05) is 11.8 Å². The molecule has 1 heterocycles. The number of aromatic nitrogens is 2. The minimum Gasteiger partial charge on any atom is -0.324 e. The van der Waals surface area contributed by atoms with Crippen LogP contribution in [0, 0.1) is 10.1 Å². The number of carbonyl (C=O) groups is 1. The van der Waals surface area contributed by atoms with Crippen LogP contribution in [0.5, 0.6) is 0 Å². The van der Waals surface area contributed by atoms with E-state index in [1.807, 2.05) is 24.3 Å². The highest BCUT2D eigenvalue weighted by atomic mass is 35.5. The molecule has 0 aliphatic heterocycles. The molecule has 0 saturated heterocycles. The maximum atomic E-state index is 12.1. The fourth-order valence-corrected chi connectivity index (χ4v) is 2.41. The first-order valence-electron chi connectivity index (χ1n) is 6.68. The Balaban J connectivity index is 1.77. The quantitative estimate of drug-likeness (QED) is 0.587. The molecular formula is C15H11ClN4O3. The van der Waals surface area contributed by atoms with Gasteiger partial charge in [-0.25, -0.2) is 4.98 Å². The fraction of sp³-hybridized carbons (Fsp3) is 0.0667. The van der Waals surface area contributed by atoms with Gasteiger partial charge in [-0.05, 0) is 24.3 Å². The van der Waals surface area contributed by atoms with E-state index in [1.54, 1.807) is 10.9 Å². The van der Waals surface area contributed by atoms with Crippen LogP contribution >= 0.6 is 11.6 Å². The molecule has 0 aliphatic rings. The smallest absolute Gasteiger partial charge is 0.289 e. The lowest BCUT2D eigenvalue weighted by Gasteiger charge is -2.07. The highest BCUT2D eigenvalue weighted by molar-refractivity contribution is 6.32. The van der Waals surface area contributed by atoms with Crippen LogP contribution in [-0.2, 0) is 11.3 Å². The number of halogens is 1. The van der Waals surface area contributed by atoms with Crippen molar-refractivity contribution in [1.29, 1.82) is 0 Å². The van der Waals surface area contributed by atoms with Gasteiger partial charge in [0.25, 0.3) is 5.69 Å². The van der Waals surface area contributed by atoms with Gasteiger partial charge in [-0.2, -0.15) is 0 Å². The zero-order valence-electron chi connectivity index (χ0n) is 11.8. The SMILES string of the molecule is O=C(Cn1cnc2ccccc21)Nc1ccc(Cl)c([N+](=O)[O-])c1. The molecule has 0 fully saturated rings. The molecule has 23 heavy (non-hydrogen) atoms. The van der Waals surface area contributed by atoms with Crippen molar-refractivity contribution in [2.24, 2.45) is 0 Å². The number of nitro groups is 1. The van der Waals surface area contributed by atoms with E-state index in [1.165, 1.54) is 18.2 Å². The molecule has 1 aromatic heterocycles. The number of fused-ring (bicyclic) bond motifs is 1. The Hall–Kier alpha value is -2.93. The van der Waals surface area contributed by atoms with E-state index in [9.17, 15) is 14.9 Å². The van der Waals surface area contributed by atoms with Gasteiger partial charge >= 0.3 is 0 Å².